The summed E-state index contributed by atoms with van der Waals surface area (Å²) in [6.07, 6.45) is 0. The highest BCUT2D eigenvalue weighted by atomic mass is 19.1. The molecule has 0 aromatic heterocycles. The zero-order valence-corrected chi connectivity index (χ0v) is 16.9. The zero-order valence-electron chi connectivity index (χ0n) is 16.9. The lowest BCUT2D eigenvalue weighted by Crippen LogP contribution is -1.73. The monoisotopic (exact) mass is 491 g/mol. The highest BCUT2D eigenvalue weighted by Gasteiger charge is 1.89. The molecule has 0 bridgehead atoms. The molecule has 0 N–H and O–H groups in total. The third-order valence-corrected chi connectivity index (χ3v) is 3.25. The van der Waals surface area contributed by atoms with Gasteiger partial charge in [-0.05, 0) is 43.3 Å². The minimum absolute atomic E-state index is 0. The highest BCUT2D eigenvalue weighted by Crippen LogP contribution is 2.00. The van der Waals surface area contributed by atoms with E-state index in [1.165, 1.54) is 54.1 Å². The molecule has 4 aromatic rings. The van der Waals surface area contributed by atoms with Gasteiger partial charge in [0.05, 0.1) is 0 Å². The Labute approximate surface area is 211 Å². The Hall–Kier alpha value is -3.41. The third-order valence-electron chi connectivity index (χ3n) is 3.25. The van der Waals surface area contributed by atoms with Crippen molar-refractivity contribution in [2.24, 2.45) is 0 Å². The molecule has 0 nitrogen and oxygen atoms in total. The van der Waals surface area contributed by atoms with Crippen LogP contribution in [0, 0.1) is 36.0 Å². The number of hydrogen-bond acceptors (Lipinski definition) is 0. The Balaban J connectivity index is -0.000000109. The summed E-state index contributed by atoms with van der Waals surface area (Å²) in [7, 11) is 0. The van der Waals surface area contributed by atoms with Gasteiger partial charge >= 0.3 is 0 Å². The molecule has 0 fully saturated rings. The van der Waals surface area contributed by atoms with Gasteiger partial charge in [0.15, 0.2) is 0 Å². The van der Waals surface area contributed by atoms with Crippen LogP contribution < -0.4 is 0 Å². The van der Waals surface area contributed by atoms with Crippen molar-refractivity contribution in [1.29, 1.82) is 0 Å². The van der Waals surface area contributed by atoms with Gasteiger partial charge < -0.3 is 0 Å². The molecule has 0 saturated carbocycles. The van der Waals surface area contributed by atoms with Gasteiger partial charge in [-0.3, -0.25) is 0 Å². The summed E-state index contributed by atoms with van der Waals surface area (Å²) in [6.45, 7) is 2.08. The van der Waals surface area contributed by atoms with Crippen LogP contribution in [0.3, 0.4) is 0 Å². The van der Waals surface area contributed by atoms with E-state index >= 15 is 0 Å². The van der Waals surface area contributed by atoms with Gasteiger partial charge in [-0.15, -0.1) is 0 Å². The standard InChI is InChI=1S/C7H8.2C6H4F2.C6H5F.4CH4.B/c1-7-5-3-2-4-6-7;2*7-5-2-1-3-6(8)4-5;7-6-4-2-1-3-5-6;;;;;/h2-6H,1H3;2*1-4H;1-5H;4*1H4;. The largest absolute Gasteiger partial charge is 0.207 e. The Morgan fingerprint density at radius 3 is 0.771 bits per heavy atom. The molecule has 0 heterocycles. The Morgan fingerprint density at radius 2 is 0.629 bits per heavy atom. The normalized spacial score (nSPS) is 7.71. The van der Waals surface area contributed by atoms with Crippen LogP contribution in [0.5, 0.6) is 0 Å². The van der Waals surface area contributed by atoms with E-state index in [9.17, 15) is 22.0 Å². The van der Waals surface area contributed by atoms with Gasteiger partial charge in [0, 0.05) is 20.5 Å². The van der Waals surface area contributed by atoms with Gasteiger partial charge in [0.1, 0.15) is 29.1 Å². The van der Waals surface area contributed by atoms with Crippen molar-refractivity contribution in [1.82, 2.24) is 0 Å². The predicted molar refractivity (Wildman–Crippen MR) is 143 cm³/mol. The Bertz CT molecular complexity index is 849. The summed E-state index contributed by atoms with van der Waals surface area (Å²) in [4.78, 5) is 0. The molecular formula is C29H37BF5. The molecule has 0 aliphatic rings. The van der Waals surface area contributed by atoms with Gasteiger partial charge in [-0.2, -0.15) is 0 Å². The van der Waals surface area contributed by atoms with E-state index in [2.05, 4.69) is 19.1 Å². The van der Waals surface area contributed by atoms with Crippen molar-refractivity contribution in [3.8, 4) is 0 Å². The molecular weight excluding hydrogens is 454 g/mol. The van der Waals surface area contributed by atoms with Gasteiger partial charge in [-0.25, -0.2) is 22.0 Å². The molecule has 0 aliphatic heterocycles. The van der Waals surface area contributed by atoms with Crippen molar-refractivity contribution in [3.63, 3.8) is 0 Å². The summed E-state index contributed by atoms with van der Waals surface area (Å²) in [5.74, 6) is -2.33. The average molecular weight is 491 g/mol. The van der Waals surface area contributed by atoms with Gasteiger partial charge in [-0.1, -0.05) is 95.9 Å². The van der Waals surface area contributed by atoms with Crippen molar-refractivity contribution < 1.29 is 22.0 Å². The van der Waals surface area contributed by atoms with E-state index in [0.717, 1.165) is 12.1 Å². The van der Waals surface area contributed by atoms with E-state index in [4.69, 9.17) is 0 Å². The fourth-order valence-corrected chi connectivity index (χ4v) is 1.87. The van der Waals surface area contributed by atoms with Crippen LogP contribution in [-0.4, -0.2) is 8.41 Å². The van der Waals surface area contributed by atoms with Crippen molar-refractivity contribution in [3.05, 3.63) is 144 Å². The average Bonchev–Trinajstić information content (AvgIpc) is 2.70. The van der Waals surface area contributed by atoms with E-state index in [1.807, 2.05) is 18.2 Å². The number of benzene rings is 4. The first-order chi connectivity index (χ1) is 14.4. The van der Waals surface area contributed by atoms with Gasteiger partial charge in [0.2, 0.25) is 0 Å². The van der Waals surface area contributed by atoms with E-state index in [1.54, 1.807) is 18.2 Å². The maximum absolute atomic E-state index is 11.9. The highest BCUT2D eigenvalue weighted by molar-refractivity contribution is 5.75. The van der Waals surface area contributed by atoms with Crippen LogP contribution in [0.1, 0.15) is 35.3 Å². The molecule has 191 valence electrons. The lowest BCUT2D eigenvalue weighted by Gasteiger charge is -1.84. The minimum atomic E-state index is -0.537. The number of halogens is 5. The summed E-state index contributed by atoms with van der Waals surface area (Å²) in [6, 6.07) is 27.3. The molecule has 35 heavy (non-hydrogen) atoms. The smallest absolute Gasteiger partial charge is 0.126 e. The molecule has 4 rings (SSSR count). The van der Waals surface area contributed by atoms with Crippen molar-refractivity contribution >= 4 is 8.41 Å². The second-order valence-electron chi connectivity index (χ2n) is 5.83. The summed E-state index contributed by atoms with van der Waals surface area (Å²) in [5, 5.41) is 0. The topological polar surface area (TPSA) is 0 Å². The third kappa shape index (κ3) is 23.5. The van der Waals surface area contributed by atoms with Crippen LogP contribution in [0.25, 0.3) is 0 Å². The number of hydrogen-bond donors (Lipinski definition) is 0. The SMILES string of the molecule is C.C.C.C.Cc1ccccc1.Fc1cccc(F)c1.Fc1cccc(F)c1.Fc1ccccc1.[B]. The van der Waals surface area contributed by atoms with Crippen LogP contribution in [0.2, 0.25) is 0 Å². The zero-order chi connectivity index (χ0) is 22.2. The molecule has 0 atom stereocenters. The van der Waals surface area contributed by atoms with Crippen LogP contribution in [-0.2, 0) is 0 Å². The number of rotatable bonds is 0. The van der Waals surface area contributed by atoms with Crippen molar-refractivity contribution in [2.75, 3.05) is 0 Å². The molecule has 0 spiro atoms. The lowest BCUT2D eigenvalue weighted by atomic mass is 10.2. The molecule has 0 saturated heterocycles. The Morgan fingerprint density at radius 1 is 0.371 bits per heavy atom. The summed E-state index contributed by atoms with van der Waals surface area (Å²) >= 11 is 0. The van der Waals surface area contributed by atoms with Crippen LogP contribution >= 0.6 is 0 Å². The molecule has 0 amide bonds. The van der Waals surface area contributed by atoms with Crippen LogP contribution in [0.15, 0.2) is 109 Å². The van der Waals surface area contributed by atoms with Crippen LogP contribution in [0.4, 0.5) is 22.0 Å². The first-order valence-corrected chi connectivity index (χ1v) is 8.91. The Kier molecular flexibility index (Phi) is 30.1. The first-order valence-electron chi connectivity index (χ1n) is 8.91. The first kappa shape index (κ1) is 41.8. The molecule has 0 unspecified atom stereocenters. The van der Waals surface area contributed by atoms with Crippen molar-refractivity contribution in [2.45, 2.75) is 36.6 Å². The van der Waals surface area contributed by atoms with E-state index in [-0.39, 0.29) is 43.9 Å². The lowest BCUT2D eigenvalue weighted by molar-refractivity contribution is 0.582. The second kappa shape index (κ2) is 25.2. The van der Waals surface area contributed by atoms with E-state index < -0.39 is 23.3 Å². The number of aryl methyl sites for hydroxylation is 1. The van der Waals surface area contributed by atoms with Gasteiger partial charge in [0.25, 0.3) is 0 Å². The predicted octanol–water partition coefficient (Wildman–Crippen LogP) is 9.91. The fraction of sp³-hybridized carbons (Fsp3) is 0.172. The van der Waals surface area contributed by atoms with E-state index in [0.29, 0.717) is 0 Å². The maximum Gasteiger partial charge on any atom is 0.126 e. The fourth-order valence-electron chi connectivity index (χ4n) is 1.87. The maximum atomic E-state index is 11.9. The minimum Gasteiger partial charge on any atom is -0.207 e. The summed E-state index contributed by atoms with van der Waals surface area (Å²) < 4.78 is 59.6. The quantitative estimate of drug-likeness (QED) is 0.170. The summed E-state index contributed by atoms with van der Waals surface area (Å²) in [5.41, 5.74) is 1.32. The molecule has 0 aliphatic carbocycles. The second-order valence-corrected chi connectivity index (χ2v) is 5.83. The molecule has 4 aromatic carbocycles. The molecule has 3 radical (unpaired) electrons. The molecule has 6 heteroatoms.